The second kappa shape index (κ2) is 8.69. The van der Waals surface area contributed by atoms with Crippen LogP contribution < -0.4 is 5.73 Å². The summed E-state index contributed by atoms with van der Waals surface area (Å²) in [5.74, 6) is 1.29. The Labute approximate surface area is 119 Å². The van der Waals surface area contributed by atoms with Crippen LogP contribution in [0.15, 0.2) is 0 Å². The maximum absolute atomic E-state index is 12.2. The van der Waals surface area contributed by atoms with Gasteiger partial charge >= 0.3 is 0 Å². The van der Waals surface area contributed by atoms with Crippen LogP contribution in [0.1, 0.15) is 45.4 Å². The van der Waals surface area contributed by atoms with Crippen molar-refractivity contribution in [2.24, 2.45) is 11.7 Å². The van der Waals surface area contributed by atoms with Gasteiger partial charge in [0.05, 0.1) is 0 Å². The summed E-state index contributed by atoms with van der Waals surface area (Å²) in [6.45, 7) is 3.53. The van der Waals surface area contributed by atoms with Gasteiger partial charge in [-0.25, -0.2) is 0 Å². The first kappa shape index (κ1) is 16.6. The Balaban J connectivity index is 2.27. The van der Waals surface area contributed by atoms with Crippen LogP contribution in [-0.2, 0) is 15.6 Å². The molecule has 1 fully saturated rings. The van der Waals surface area contributed by atoms with Gasteiger partial charge in [-0.05, 0) is 31.7 Å². The molecule has 5 heteroatoms. The zero-order chi connectivity index (χ0) is 14.3. The van der Waals surface area contributed by atoms with E-state index in [0.717, 1.165) is 19.3 Å². The Hall–Kier alpha value is -0.420. The van der Waals surface area contributed by atoms with Crippen LogP contribution in [0, 0.1) is 5.92 Å². The third kappa shape index (κ3) is 6.04. The van der Waals surface area contributed by atoms with Crippen molar-refractivity contribution in [1.29, 1.82) is 0 Å². The molecule has 19 heavy (non-hydrogen) atoms. The molecule has 0 saturated heterocycles. The summed E-state index contributed by atoms with van der Waals surface area (Å²) in [5.41, 5.74) is 5.42. The normalized spacial score (nSPS) is 25.0. The van der Waals surface area contributed by atoms with Crippen molar-refractivity contribution >= 4 is 16.7 Å². The predicted octanol–water partition coefficient (Wildman–Crippen LogP) is 1.51. The molecule has 0 aliphatic heterocycles. The molecule has 1 aliphatic carbocycles. The maximum atomic E-state index is 12.2. The molecule has 4 nitrogen and oxygen atoms in total. The average Bonchev–Trinajstić information content (AvgIpc) is 2.41. The van der Waals surface area contributed by atoms with Gasteiger partial charge in [0.25, 0.3) is 0 Å². The highest BCUT2D eigenvalue weighted by molar-refractivity contribution is 7.85. The summed E-state index contributed by atoms with van der Waals surface area (Å²) in [5, 5.41) is 0.311. The minimum Gasteiger partial charge on any atom is -0.346 e. The van der Waals surface area contributed by atoms with Crippen LogP contribution >= 0.6 is 0 Å². The lowest BCUT2D eigenvalue weighted by Crippen LogP contribution is -2.31. The minimum absolute atomic E-state index is 0.0886. The van der Waals surface area contributed by atoms with E-state index in [1.807, 2.05) is 0 Å². The molecule has 0 radical (unpaired) electrons. The van der Waals surface area contributed by atoms with Gasteiger partial charge in [0.15, 0.2) is 0 Å². The van der Waals surface area contributed by atoms with Crippen molar-refractivity contribution in [2.45, 2.75) is 50.7 Å². The van der Waals surface area contributed by atoms with E-state index >= 15 is 0 Å². The molecular weight excluding hydrogens is 260 g/mol. The van der Waals surface area contributed by atoms with Gasteiger partial charge in [-0.2, -0.15) is 0 Å². The van der Waals surface area contributed by atoms with E-state index in [1.54, 1.807) is 11.9 Å². The summed E-state index contributed by atoms with van der Waals surface area (Å²) in [6, 6.07) is 0. The number of carbonyl (C=O) groups is 1. The minimum atomic E-state index is -0.842. The Morgan fingerprint density at radius 3 is 2.79 bits per heavy atom. The van der Waals surface area contributed by atoms with Crippen LogP contribution in [0.25, 0.3) is 0 Å². The van der Waals surface area contributed by atoms with E-state index in [4.69, 9.17) is 5.73 Å². The molecule has 112 valence electrons. The number of hydrogen-bond acceptors (Lipinski definition) is 3. The second-order valence-electron chi connectivity index (χ2n) is 5.69. The molecular formula is C14H28N2O2S. The summed E-state index contributed by atoms with van der Waals surface area (Å²) in [6.07, 6.45) is 5.79. The van der Waals surface area contributed by atoms with Gasteiger partial charge < -0.3 is 10.6 Å². The lowest BCUT2D eigenvalue weighted by molar-refractivity contribution is -0.129. The number of rotatable bonds is 7. The molecule has 0 aromatic heterocycles. The van der Waals surface area contributed by atoms with E-state index < -0.39 is 10.8 Å². The Kier molecular flexibility index (Phi) is 7.61. The van der Waals surface area contributed by atoms with Gasteiger partial charge in [-0.3, -0.25) is 9.00 Å². The fourth-order valence-corrected chi connectivity index (χ4v) is 4.30. The quantitative estimate of drug-likeness (QED) is 0.772. The molecule has 0 aromatic carbocycles. The summed E-state index contributed by atoms with van der Waals surface area (Å²) >= 11 is 0. The van der Waals surface area contributed by atoms with Gasteiger partial charge in [0.1, 0.15) is 0 Å². The molecule has 1 amide bonds. The van der Waals surface area contributed by atoms with Crippen LogP contribution in [0.4, 0.5) is 0 Å². The molecule has 3 unspecified atom stereocenters. The first-order valence-corrected chi connectivity index (χ1v) is 8.74. The Morgan fingerprint density at radius 1 is 1.42 bits per heavy atom. The second-order valence-corrected chi connectivity index (χ2v) is 7.52. The lowest BCUT2D eigenvalue weighted by Gasteiger charge is -2.26. The van der Waals surface area contributed by atoms with Crippen molar-refractivity contribution in [1.82, 2.24) is 4.90 Å². The number of carbonyl (C=O) groups excluding carboxylic acids is 1. The van der Waals surface area contributed by atoms with Gasteiger partial charge in [-0.1, -0.05) is 19.8 Å². The van der Waals surface area contributed by atoms with Crippen LogP contribution in [0.3, 0.4) is 0 Å². The molecule has 3 atom stereocenters. The van der Waals surface area contributed by atoms with Crippen LogP contribution in [-0.4, -0.2) is 46.2 Å². The van der Waals surface area contributed by atoms with E-state index in [0.29, 0.717) is 36.4 Å². The fraction of sp³-hybridized carbons (Fsp3) is 0.929. The molecule has 1 rings (SSSR count). The molecule has 0 aromatic rings. The third-order valence-electron chi connectivity index (χ3n) is 3.90. The van der Waals surface area contributed by atoms with E-state index in [-0.39, 0.29) is 5.91 Å². The highest BCUT2D eigenvalue weighted by Gasteiger charge is 2.24. The number of amides is 1. The van der Waals surface area contributed by atoms with E-state index in [1.165, 1.54) is 12.8 Å². The van der Waals surface area contributed by atoms with E-state index in [2.05, 4.69) is 6.92 Å². The standard InChI is InChI=1S/C14H28N2O2S/c1-12-5-3-6-13(11-12)19(18)10-7-14(17)16(2)9-4-8-15/h12-13H,3-11,15H2,1-2H3. The molecule has 0 heterocycles. The Bertz CT molecular complexity index is 310. The predicted molar refractivity (Wildman–Crippen MR) is 80.4 cm³/mol. The number of nitrogens with zero attached hydrogens (tertiary/aromatic N) is 1. The lowest BCUT2D eigenvalue weighted by atomic mass is 9.91. The van der Waals surface area contributed by atoms with Crippen molar-refractivity contribution in [3.05, 3.63) is 0 Å². The molecule has 0 spiro atoms. The largest absolute Gasteiger partial charge is 0.346 e. The fourth-order valence-electron chi connectivity index (χ4n) is 2.62. The topological polar surface area (TPSA) is 63.4 Å². The monoisotopic (exact) mass is 288 g/mol. The smallest absolute Gasteiger partial charge is 0.223 e. The molecule has 0 bridgehead atoms. The SMILES string of the molecule is CC1CCCC(S(=O)CCC(=O)N(C)CCCN)C1. The van der Waals surface area contributed by atoms with E-state index in [9.17, 15) is 9.00 Å². The van der Waals surface area contributed by atoms with Crippen LogP contribution in [0.2, 0.25) is 0 Å². The number of hydrogen-bond donors (Lipinski definition) is 1. The van der Waals surface area contributed by atoms with Gasteiger partial charge in [-0.15, -0.1) is 0 Å². The van der Waals surface area contributed by atoms with Gasteiger partial charge in [0, 0.05) is 41.8 Å². The Morgan fingerprint density at radius 2 is 2.16 bits per heavy atom. The van der Waals surface area contributed by atoms with Crippen molar-refractivity contribution in [3.63, 3.8) is 0 Å². The van der Waals surface area contributed by atoms with Crippen molar-refractivity contribution in [2.75, 3.05) is 25.9 Å². The summed E-state index contributed by atoms with van der Waals surface area (Å²) < 4.78 is 12.2. The third-order valence-corrected chi connectivity index (χ3v) is 5.68. The molecule has 1 saturated carbocycles. The van der Waals surface area contributed by atoms with Gasteiger partial charge in [0.2, 0.25) is 5.91 Å². The zero-order valence-electron chi connectivity index (χ0n) is 12.3. The van der Waals surface area contributed by atoms with Crippen LogP contribution in [0.5, 0.6) is 0 Å². The first-order chi connectivity index (χ1) is 9.04. The van der Waals surface area contributed by atoms with Crippen molar-refractivity contribution < 1.29 is 9.00 Å². The average molecular weight is 288 g/mol. The van der Waals surface area contributed by atoms with Crippen molar-refractivity contribution in [3.8, 4) is 0 Å². The number of nitrogens with two attached hydrogens (primary N) is 1. The highest BCUT2D eigenvalue weighted by atomic mass is 32.2. The molecule has 2 N–H and O–H groups in total. The maximum Gasteiger partial charge on any atom is 0.223 e. The summed E-state index contributed by atoms with van der Waals surface area (Å²) in [4.78, 5) is 13.6. The molecule has 1 aliphatic rings. The zero-order valence-corrected chi connectivity index (χ0v) is 13.1. The summed E-state index contributed by atoms with van der Waals surface area (Å²) in [7, 11) is 0.953. The highest BCUT2D eigenvalue weighted by Crippen LogP contribution is 2.27. The first-order valence-electron chi connectivity index (χ1n) is 7.35.